The summed E-state index contributed by atoms with van der Waals surface area (Å²) in [6, 6.07) is 26.8. The Morgan fingerprint density at radius 3 is 1.65 bits per heavy atom. The smallest absolute Gasteiger partial charge is 0.131 e. The summed E-state index contributed by atoms with van der Waals surface area (Å²) in [6.45, 7) is 4.32. The predicted octanol–water partition coefficient (Wildman–Crippen LogP) is 11.9. The number of hydrogen-bond acceptors (Lipinski definition) is 0. The minimum absolute atomic E-state index is 0.241. The van der Waals surface area contributed by atoms with E-state index in [1.165, 1.54) is 56.6 Å². The van der Waals surface area contributed by atoms with Gasteiger partial charge in [-0.3, -0.25) is 0 Å². The lowest BCUT2D eigenvalue weighted by Gasteiger charge is -2.10. The average Bonchev–Trinajstić information content (AvgIpc) is 2.97. The highest BCUT2D eigenvalue weighted by Crippen LogP contribution is 2.30. The molecule has 0 amide bonds. The van der Waals surface area contributed by atoms with Crippen LogP contribution in [-0.2, 0) is 6.42 Å². The van der Waals surface area contributed by atoms with Crippen molar-refractivity contribution in [2.45, 2.75) is 78.1 Å². The molecule has 0 N–H and O–H groups in total. The summed E-state index contributed by atoms with van der Waals surface area (Å²) in [6.07, 6.45) is 16.1. The number of aryl methyl sites for hydroxylation is 2. The molecule has 0 aliphatic carbocycles. The van der Waals surface area contributed by atoms with Gasteiger partial charge in [0.15, 0.2) is 0 Å². The topological polar surface area (TPSA) is 0 Å². The van der Waals surface area contributed by atoms with Crippen LogP contribution < -0.4 is 0 Å². The van der Waals surface area contributed by atoms with Gasteiger partial charge in [-0.2, -0.15) is 0 Å². The summed E-state index contributed by atoms with van der Waals surface area (Å²) < 4.78 is 30.0. The first-order valence-electron chi connectivity index (χ1n) is 15.0. The van der Waals surface area contributed by atoms with E-state index in [1.807, 2.05) is 42.5 Å². The number of unbranched alkanes of at least 4 members (excludes halogenated alkanes) is 8. The van der Waals surface area contributed by atoms with Crippen molar-refractivity contribution in [2.24, 2.45) is 0 Å². The van der Waals surface area contributed by atoms with E-state index < -0.39 is 0 Å². The molecule has 0 saturated heterocycles. The summed E-state index contributed by atoms with van der Waals surface area (Å²) in [5, 5.41) is 0. The van der Waals surface area contributed by atoms with Crippen LogP contribution in [0.25, 0.3) is 34.4 Å². The average molecular weight is 537 g/mol. The highest BCUT2D eigenvalue weighted by atomic mass is 19.1. The zero-order chi connectivity index (χ0) is 28.2. The molecule has 0 fully saturated rings. The molecule has 4 aromatic carbocycles. The molecule has 0 aliphatic heterocycles. The van der Waals surface area contributed by atoms with Gasteiger partial charge in [0.05, 0.1) is 0 Å². The van der Waals surface area contributed by atoms with Crippen molar-refractivity contribution in [3.05, 3.63) is 119 Å². The maximum absolute atomic E-state index is 15.2. The van der Waals surface area contributed by atoms with Crippen molar-refractivity contribution >= 4 is 12.2 Å². The van der Waals surface area contributed by atoms with Crippen LogP contribution in [0.5, 0.6) is 0 Å². The van der Waals surface area contributed by atoms with Gasteiger partial charge >= 0.3 is 0 Å². The Morgan fingerprint density at radius 1 is 0.525 bits per heavy atom. The quantitative estimate of drug-likeness (QED) is 0.111. The van der Waals surface area contributed by atoms with Gasteiger partial charge in [-0.05, 0) is 65.3 Å². The first-order valence-corrected chi connectivity index (χ1v) is 15.0. The SMILES string of the molecule is CCCCCCCCCCCc1ccc(-c2ccc(-c3ccc(C=Cc4ccc(C)cc4)cc3)cc2F)cc1F. The molecule has 0 radical (unpaired) electrons. The molecule has 0 aliphatic rings. The molecule has 0 bridgehead atoms. The third-order valence-corrected chi connectivity index (χ3v) is 7.67. The molecular weight excluding hydrogens is 494 g/mol. The fraction of sp³-hybridized carbons (Fsp3) is 0.316. The van der Waals surface area contributed by atoms with Crippen LogP contribution in [0.2, 0.25) is 0 Å². The predicted molar refractivity (Wildman–Crippen MR) is 168 cm³/mol. The molecule has 0 spiro atoms. The summed E-state index contributed by atoms with van der Waals surface area (Å²) in [5.74, 6) is -0.582. The Hall–Kier alpha value is -3.52. The highest BCUT2D eigenvalue weighted by Gasteiger charge is 2.11. The number of benzene rings is 4. The van der Waals surface area contributed by atoms with Gasteiger partial charge < -0.3 is 0 Å². The van der Waals surface area contributed by atoms with E-state index >= 15 is 4.39 Å². The molecule has 0 nitrogen and oxygen atoms in total. The summed E-state index contributed by atoms with van der Waals surface area (Å²) in [5.41, 5.74) is 6.95. The Bertz CT molecular complexity index is 1360. The lowest BCUT2D eigenvalue weighted by Crippen LogP contribution is -1.94. The highest BCUT2D eigenvalue weighted by molar-refractivity contribution is 5.74. The van der Waals surface area contributed by atoms with Crippen LogP contribution in [0.3, 0.4) is 0 Å². The molecule has 4 rings (SSSR count). The third-order valence-electron chi connectivity index (χ3n) is 7.67. The maximum Gasteiger partial charge on any atom is 0.131 e. The first-order chi connectivity index (χ1) is 19.5. The van der Waals surface area contributed by atoms with E-state index in [0.29, 0.717) is 11.1 Å². The van der Waals surface area contributed by atoms with E-state index in [-0.39, 0.29) is 11.6 Å². The fourth-order valence-corrected chi connectivity index (χ4v) is 5.13. The third kappa shape index (κ3) is 8.74. The normalized spacial score (nSPS) is 11.4. The van der Waals surface area contributed by atoms with Crippen LogP contribution in [0.1, 0.15) is 87.0 Å². The van der Waals surface area contributed by atoms with E-state index in [1.54, 1.807) is 12.1 Å². The van der Waals surface area contributed by atoms with Crippen molar-refractivity contribution in [3.63, 3.8) is 0 Å². The van der Waals surface area contributed by atoms with Crippen LogP contribution in [-0.4, -0.2) is 0 Å². The number of rotatable bonds is 14. The zero-order valence-corrected chi connectivity index (χ0v) is 24.1. The second-order valence-electron chi connectivity index (χ2n) is 10.9. The molecule has 2 heteroatoms. The van der Waals surface area contributed by atoms with Gasteiger partial charge in [0.25, 0.3) is 0 Å². The molecule has 0 atom stereocenters. The Kier molecular flexibility index (Phi) is 11.3. The standard InChI is InChI=1S/C38H42F2/c1-3-4-5-6-7-8-9-10-11-12-33-23-24-35(28-37(33)39)36-26-25-34(27-38(36)40)32-21-19-31(20-22-32)18-17-30-15-13-29(2)14-16-30/h13-28H,3-12H2,1-2H3. The summed E-state index contributed by atoms with van der Waals surface area (Å²) >= 11 is 0. The van der Waals surface area contributed by atoms with Crippen LogP contribution >= 0.6 is 0 Å². The molecule has 0 heterocycles. The molecule has 0 aromatic heterocycles. The maximum atomic E-state index is 15.2. The van der Waals surface area contributed by atoms with Gasteiger partial charge in [-0.15, -0.1) is 0 Å². The fourth-order valence-electron chi connectivity index (χ4n) is 5.13. The van der Waals surface area contributed by atoms with Crippen molar-refractivity contribution in [2.75, 3.05) is 0 Å². The van der Waals surface area contributed by atoms with Gasteiger partial charge in [0.2, 0.25) is 0 Å². The second-order valence-corrected chi connectivity index (χ2v) is 10.9. The van der Waals surface area contributed by atoms with Crippen molar-refractivity contribution in [1.82, 2.24) is 0 Å². The number of halogens is 2. The van der Waals surface area contributed by atoms with E-state index in [2.05, 4.69) is 50.3 Å². The lowest BCUT2D eigenvalue weighted by molar-refractivity contribution is 0.557. The summed E-state index contributed by atoms with van der Waals surface area (Å²) in [7, 11) is 0. The molecule has 4 aromatic rings. The molecule has 40 heavy (non-hydrogen) atoms. The Morgan fingerprint density at radius 2 is 1.05 bits per heavy atom. The Balaban J connectivity index is 1.32. The van der Waals surface area contributed by atoms with E-state index in [9.17, 15) is 4.39 Å². The van der Waals surface area contributed by atoms with E-state index in [4.69, 9.17) is 0 Å². The lowest BCUT2D eigenvalue weighted by atomic mass is 9.97. The monoisotopic (exact) mass is 536 g/mol. The van der Waals surface area contributed by atoms with Crippen LogP contribution in [0, 0.1) is 18.6 Å². The molecule has 208 valence electrons. The second kappa shape index (κ2) is 15.3. The largest absolute Gasteiger partial charge is 0.207 e. The van der Waals surface area contributed by atoms with Crippen molar-refractivity contribution < 1.29 is 8.78 Å². The zero-order valence-electron chi connectivity index (χ0n) is 24.1. The van der Waals surface area contributed by atoms with Gasteiger partial charge in [0.1, 0.15) is 11.6 Å². The minimum Gasteiger partial charge on any atom is -0.207 e. The molecule has 0 saturated carbocycles. The Labute approximate surface area is 239 Å². The molecular formula is C38H42F2. The van der Waals surface area contributed by atoms with Crippen molar-refractivity contribution in [3.8, 4) is 22.3 Å². The minimum atomic E-state index is -0.341. The van der Waals surface area contributed by atoms with Crippen molar-refractivity contribution in [1.29, 1.82) is 0 Å². The van der Waals surface area contributed by atoms with Gasteiger partial charge in [-0.1, -0.05) is 149 Å². The van der Waals surface area contributed by atoms with Gasteiger partial charge in [0, 0.05) is 5.56 Å². The number of hydrogen-bond donors (Lipinski definition) is 0. The van der Waals surface area contributed by atoms with E-state index in [0.717, 1.165) is 47.1 Å². The van der Waals surface area contributed by atoms with Crippen LogP contribution in [0.4, 0.5) is 8.78 Å². The summed E-state index contributed by atoms with van der Waals surface area (Å²) in [4.78, 5) is 0. The first kappa shape index (κ1) is 29.5. The van der Waals surface area contributed by atoms with Gasteiger partial charge in [-0.25, -0.2) is 8.78 Å². The van der Waals surface area contributed by atoms with Crippen LogP contribution in [0.15, 0.2) is 84.9 Å². The molecule has 0 unspecified atom stereocenters.